The van der Waals surface area contributed by atoms with Crippen molar-refractivity contribution in [2.24, 2.45) is 0 Å². The molecule has 23 heavy (non-hydrogen) atoms. The maximum atomic E-state index is 12.4. The van der Waals surface area contributed by atoms with Crippen molar-refractivity contribution in [3.8, 4) is 5.75 Å². The van der Waals surface area contributed by atoms with Gasteiger partial charge in [0.2, 0.25) is 0 Å². The minimum absolute atomic E-state index is 0.0755. The number of methoxy groups -OCH3 is 1. The number of hydrogen-bond donors (Lipinski definition) is 1. The summed E-state index contributed by atoms with van der Waals surface area (Å²) in [5.74, 6) is 0.505. The van der Waals surface area contributed by atoms with E-state index < -0.39 is 11.6 Å². The zero-order chi connectivity index (χ0) is 16.4. The smallest absolute Gasteiger partial charge is 0.328 e. The van der Waals surface area contributed by atoms with Crippen LogP contribution in [0.1, 0.15) is 37.1 Å². The lowest BCUT2D eigenvalue weighted by molar-refractivity contribution is -0.172. The number of carbonyl (C=O) groups excluding carboxylic acids is 1. The van der Waals surface area contributed by atoms with Crippen molar-refractivity contribution in [2.45, 2.75) is 31.5 Å². The monoisotopic (exact) mass is 311 g/mol. The van der Waals surface area contributed by atoms with E-state index in [1.165, 1.54) is 0 Å². The predicted octanol–water partition coefficient (Wildman–Crippen LogP) is 3.40. The van der Waals surface area contributed by atoms with Gasteiger partial charge in [-0.05, 0) is 37.1 Å². The number of hydrogen-bond acceptors (Lipinski definition) is 4. The molecule has 1 N–H and O–H groups in total. The summed E-state index contributed by atoms with van der Waals surface area (Å²) >= 11 is 0. The van der Waals surface area contributed by atoms with Gasteiger partial charge in [0.1, 0.15) is 17.4 Å². The van der Waals surface area contributed by atoms with Crippen molar-refractivity contribution in [2.75, 3.05) is 7.11 Å². The predicted molar refractivity (Wildman–Crippen MR) is 88.2 cm³/mol. The lowest BCUT2D eigenvalue weighted by Gasteiger charge is -2.42. The molecule has 4 nitrogen and oxygen atoms in total. The SMILES string of the molecule is COc1ccc([C@H]2N[C@H](c3ccccc3)C(C)(C)OC2=O)cc1. The Morgan fingerprint density at radius 2 is 1.65 bits per heavy atom. The largest absolute Gasteiger partial charge is 0.497 e. The van der Waals surface area contributed by atoms with Crippen LogP contribution < -0.4 is 10.1 Å². The van der Waals surface area contributed by atoms with Gasteiger partial charge in [-0.15, -0.1) is 0 Å². The van der Waals surface area contributed by atoms with Gasteiger partial charge in [-0.1, -0.05) is 42.5 Å². The highest BCUT2D eigenvalue weighted by Crippen LogP contribution is 2.37. The Balaban J connectivity index is 1.91. The third kappa shape index (κ3) is 3.08. The van der Waals surface area contributed by atoms with Gasteiger partial charge in [-0.2, -0.15) is 0 Å². The highest BCUT2D eigenvalue weighted by Gasteiger charge is 2.43. The molecule has 1 saturated heterocycles. The number of esters is 1. The van der Waals surface area contributed by atoms with Crippen LogP contribution in [0.25, 0.3) is 0 Å². The second-order valence-electron chi connectivity index (χ2n) is 6.24. The molecule has 1 heterocycles. The first-order chi connectivity index (χ1) is 11.0. The van der Waals surface area contributed by atoms with Crippen molar-refractivity contribution < 1.29 is 14.3 Å². The number of rotatable bonds is 3. The maximum absolute atomic E-state index is 12.4. The quantitative estimate of drug-likeness (QED) is 0.883. The second kappa shape index (κ2) is 6.05. The van der Waals surface area contributed by atoms with Gasteiger partial charge < -0.3 is 9.47 Å². The number of ether oxygens (including phenoxy) is 2. The molecule has 2 aromatic carbocycles. The fourth-order valence-corrected chi connectivity index (χ4v) is 2.98. The summed E-state index contributed by atoms with van der Waals surface area (Å²) in [5.41, 5.74) is 1.36. The zero-order valence-corrected chi connectivity index (χ0v) is 13.6. The van der Waals surface area contributed by atoms with Crippen LogP contribution in [0, 0.1) is 0 Å². The fourth-order valence-electron chi connectivity index (χ4n) is 2.98. The van der Waals surface area contributed by atoms with Crippen LogP contribution in [0.2, 0.25) is 0 Å². The Morgan fingerprint density at radius 1 is 1.00 bits per heavy atom. The third-order valence-electron chi connectivity index (χ3n) is 4.21. The van der Waals surface area contributed by atoms with Gasteiger partial charge in [0, 0.05) is 0 Å². The number of nitrogens with one attached hydrogen (secondary N) is 1. The minimum Gasteiger partial charge on any atom is -0.497 e. The Kier molecular flexibility index (Phi) is 4.09. The molecular formula is C19H21NO3. The number of cyclic esters (lactones) is 1. The van der Waals surface area contributed by atoms with Crippen molar-refractivity contribution >= 4 is 5.97 Å². The van der Waals surface area contributed by atoms with Crippen LogP contribution in [0.4, 0.5) is 0 Å². The summed E-state index contributed by atoms with van der Waals surface area (Å²) in [6.45, 7) is 3.86. The molecule has 0 bridgehead atoms. The Labute approximate surface area is 136 Å². The topological polar surface area (TPSA) is 47.6 Å². The van der Waals surface area contributed by atoms with Gasteiger partial charge in [-0.25, -0.2) is 4.79 Å². The van der Waals surface area contributed by atoms with Crippen LogP contribution in [0.3, 0.4) is 0 Å². The van der Waals surface area contributed by atoms with Crippen LogP contribution in [-0.2, 0) is 9.53 Å². The third-order valence-corrected chi connectivity index (χ3v) is 4.21. The van der Waals surface area contributed by atoms with Crippen molar-refractivity contribution in [3.05, 3.63) is 65.7 Å². The van der Waals surface area contributed by atoms with Gasteiger partial charge >= 0.3 is 5.97 Å². The summed E-state index contributed by atoms with van der Waals surface area (Å²) in [7, 11) is 1.62. The number of morpholine rings is 1. The first-order valence-corrected chi connectivity index (χ1v) is 7.69. The van der Waals surface area contributed by atoms with E-state index in [0.717, 1.165) is 16.9 Å². The first kappa shape index (κ1) is 15.6. The Bertz CT molecular complexity index is 680. The molecule has 0 spiro atoms. The van der Waals surface area contributed by atoms with E-state index >= 15 is 0 Å². The molecule has 4 heteroatoms. The molecule has 120 valence electrons. The summed E-state index contributed by atoms with van der Waals surface area (Å²) < 4.78 is 10.9. The number of benzene rings is 2. The van der Waals surface area contributed by atoms with E-state index in [0.29, 0.717) is 0 Å². The van der Waals surface area contributed by atoms with Crippen molar-refractivity contribution in [1.82, 2.24) is 5.32 Å². The summed E-state index contributed by atoms with van der Waals surface area (Å²) in [6, 6.07) is 17.0. The molecule has 1 aliphatic rings. The van der Waals surface area contributed by atoms with E-state index in [2.05, 4.69) is 5.32 Å². The molecule has 0 radical (unpaired) electrons. The molecule has 1 fully saturated rings. The molecular weight excluding hydrogens is 290 g/mol. The Hall–Kier alpha value is -2.33. The van der Waals surface area contributed by atoms with Gasteiger partial charge in [-0.3, -0.25) is 5.32 Å². The average Bonchev–Trinajstić information content (AvgIpc) is 2.55. The molecule has 3 rings (SSSR count). The highest BCUT2D eigenvalue weighted by atomic mass is 16.6. The van der Waals surface area contributed by atoms with Crippen molar-refractivity contribution in [1.29, 1.82) is 0 Å². The fraction of sp³-hybridized carbons (Fsp3) is 0.316. The summed E-state index contributed by atoms with van der Waals surface area (Å²) in [5, 5.41) is 3.45. The van der Waals surface area contributed by atoms with Gasteiger partial charge in [0.05, 0.1) is 13.2 Å². The van der Waals surface area contributed by atoms with Crippen LogP contribution >= 0.6 is 0 Å². The van der Waals surface area contributed by atoms with Crippen LogP contribution in [-0.4, -0.2) is 18.7 Å². The van der Waals surface area contributed by atoms with Gasteiger partial charge in [0.15, 0.2) is 0 Å². The minimum atomic E-state index is -0.610. The van der Waals surface area contributed by atoms with E-state index in [1.54, 1.807) is 7.11 Å². The first-order valence-electron chi connectivity index (χ1n) is 7.69. The van der Waals surface area contributed by atoms with E-state index in [4.69, 9.17) is 9.47 Å². The highest BCUT2D eigenvalue weighted by molar-refractivity contribution is 5.79. The molecule has 1 aliphatic heterocycles. The molecule has 2 atom stereocenters. The zero-order valence-electron chi connectivity index (χ0n) is 13.6. The molecule has 0 amide bonds. The van der Waals surface area contributed by atoms with Crippen LogP contribution in [0.15, 0.2) is 54.6 Å². The second-order valence-corrected chi connectivity index (χ2v) is 6.24. The lowest BCUT2D eigenvalue weighted by Crippen LogP contribution is -2.52. The maximum Gasteiger partial charge on any atom is 0.328 e. The molecule has 0 unspecified atom stereocenters. The van der Waals surface area contributed by atoms with Crippen LogP contribution in [0.5, 0.6) is 5.75 Å². The van der Waals surface area contributed by atoms with E-state index in [9.17, 15) is 4.79 Å². The normalized spacial score (nSPS) is 23.2. The standard InChI is InChI=1S/C19H21NO3/c1-19(2)17(14-7-5-4-6-8-14)20-16(18(21)23-19)13-9-11-15(22-3)12-10-13/h4-12,16-17,20H,1-3H3/t16-,17-/m1/s1. The molecule has 0 saturated carbocycles. The number of carbonyl (C=O) groups is 1. The molecule has 0 aliphatic carbocycles. The average molecular weight is 311 g/mol. The summed E-state index contributed by atoms with van der Waals surface area (Å²) in [6.07, 6.45) is 0. The molecule has 2 aromatic rings. The van der Waals surface area contributed by atoms with Crippen molar-refractivity contribution in [3.63, 3.8) is 0 Å². The van der Waals surface area contributed by atoms with E-state index in [-0.39, 0.29) is 12.0 Å². The summed E-state index contributed by atoms with van der Waals surface area (Å²) in [4.78, 5) is 12.4. The van der Waals surface area contributed by atoms with E-state index in [1.807, 2.05) is 68.4 Å². The van der Waals surface area contributed by atoms with Gasteiger partial charge in [0.25, 0.3) is 0 Å². The lowest BCUT2D eigenvalue weighted by atomic mass is 9.88. The molecule has 0 aromatic heterocycles. The Morgan fingerprint density at radius 3 is 2.26 bits per heavy atom.